The third-order valence-corrected chi connectivity index (χ3v) is 3.85. The second kappa shape index (κ2) is 9.38. The average molecular weight is 300 g/mol. The number of likely N-dealkylation sites (N-methyl/N-ethyl adjacent to an activating group) is 1. The van der Waals surface area contributed by atoms with Crippen molar-refractivity contribution < 1.29 is 14.3 Å². The number of likely N-dealkylation sites (tertiary alicyclic amines) is 1. The van der Waals surface area contributed by atoms with Gasteiger partial charge in [0.15, 0.2) is 0 Å². The van der Waals surface area contributed by atoms with Gasteiger partial charge in [0.2, 0.25) is 0 Å². The molecule has 21 heavy (non-hydrogen) atoms. The van der Waals surface area contributed by atoms with Crippen LogP contribution in [-0.2, 0) is 14.3 Å². The Morgan fingerprint density at radius 2 is 2.14 bits per heavy atom. The Bertz CT molecular complexity index is 312. The molecular weight excluding hydrogens is 268 g/mol. The Hall–Kier alpha value is -0.650. The fourth-order valence-electron chi connectivity index (χ4n) is 2.90. The van der Waals surface area contributed by atoms with Gasteiger partial charge in [-0.1, -0.05) is 13.8 Å². The molecule has 0 aromatic carbocycles. The van der Waals surface area contributed by atoms with E-state index >= 15 is 0 Å². The summed E-state index contributed by atoms with van der Waals surface area (Å²) in [5.41, 5.74) is -0.641. The van der Waals surface area contributed by atoms with E-state index in [4.69, 9.17) is 9.47 Å². The van der Waals surface area contributed by atoms with Crippen LogP contribution in [0, 0.1) is 0 Å². The molecule has 1 saturated heterocycles. The first-order chi connectivity index (χ1) is 10.1. The summed E-state index contributed by atoms with van der Waals surface area (Å²) in [6, 6.07) is 0. The lowest BCUT2D eigenvalue weighted by Gasteiger charge is -2.38. The van der Waals surface area contributed by atoms with Crippen LogP contribution in [-0.4, -0.2) is 61.9 Å². The van der Waals surface area contributed by atoms with Crippen LogP contribution in [0.1, 0.15) is 47.0 Å². The highest BCUT2D eigenvalue weighted by Crippen LogP contribution is 2.17. The molecule has 5 nitrogen and oxygen atoms in total. The lowest BCUT2D eigenvalue weighted by Crippen LogP contribution is -2.59. The van der Waals surface area contributed by atoms with Gasteiger partial charge < -0.3 is 14.8 Å². The molecular formula is C16H32N2O3. The van der Waals surface area contributed by atoms with E-state index in [1.165, 1.54) is 0 Å². The van der Waals surface area contributed by atoms with Crippen LogP contribution in [0.5, 0.6) is 0 Å². The van der Waals surface area contributed by atoms with Crippen LogP contribution in [0.15, 0.2) is 0 Å². The van der Waals surface area contributed by atoms with Gasteiger partial charge in [0, 0.05) is 19.7 Å². The summed E-state index contributed by atoms with van der Waals surface area (Å²) in [5.74, 6) is -0.163. The van der Waals surface area contributed by atoms with Crippen LogP contribution in [0.3, 0.4) is 0 Å². The third-order valence-electron chi connectivity index (χ3n) is 3.85. The molecule has 0 aliphatic carbocycles. The van der Waals surface area contributed by atoms with Crippen molar-refractivity contribution >= 4 is 5.97 Å². The summed E-state index contributed by atoms with van der Waals surface area (Å²) < 4.78 is 11.1. The molecule has 0 amide bonds. The van der Waals surface area contributed by atoms with Crippen molar-refractivity contribution in [1.82, 2.24) is 10.2 Å². The minimum absolute atomic E-state index is 0.163. The van der Waals surface area contributed by atoms with Gasteiger partial charge in [0.25, 0.3) is 0 Å². The molecule has 0 spiro atoms. The SMILES string of the molecule is CCCOC1CCCN(CC(C)(NCC)C(=O)OCC)C1. The van der Waals surface area contributed by atoms with Crippen LogP contribution in [0.4, 0.5) is 0 Å². The summed E-state index contributed by atoms with van der Waals surface area (Å²) in [4.78, 5) is 14.6. The summed E-state index contributed by atoms with van der Waals surface area (Å²) >= 11 is 0. The highest BCUT2D eigenvalue weighted by Gasteiger charge is 2.37. The Kier molecular flexibility index (Phi) is 8.22. The average Bonchev–Trinajstić information content (AvgIpc) is 2.46. The van der Waals surface area contributed by atoms with E-state index in [1.807, 2.05) is 20.8 Å². The minimum Gasteiger partial charge on any atom is -0.465 e. The lowest BCUT2D eigenvalue weighted by atomic mass is 9.99. The quantitative estimate of drug-likeness (QED) is 0.658. The molecule has 5 heteroatoms. The smallest absolute Gasteiger partial charge is 0.327 e. The topological polar surface area (TPSA) is 50.8 Å². The molecule has 0 aromatic heterocycles. The predicted octanol–water partition coefficient (Wildman–Crippen LogP) is 1.81. The number of nitrogens with zero attached hydrogens (tertiary/aromatic N) is 1. The Balaban J connectivity index is 2.59. The summed E-state index contributed by atoms with van der Waals surface area (Å²) in [5, 5.41) is 3.29. The molecule has 2 atom stereocenters. The van der Waals surface area contributed by atoms with Gasteiger partial charge in [-0.2, -0.15) is 0 Å². The number of piperidine rings is 1. The first-order valence-corrected chi connectivity index (χ1v) is 8.31. The molecule has 1 rings (SSSR count). The Morgan fingerprint density at radius 3 is 2.76 bits per heavy atom. The molecule has 1 aliphatic heterocycles. The van der Waals surface area contributed by atoms with Gasteiger partial charge in [-0.25, -0.2) is 0 Å². The van der Waals surface area contributed by atoms with Crippen LogP contribution in [0.25, 0.3) is 0 Å². The zero-order chi connectivity index (χ0) is 15.7. The number of rotatable bonds is 9. The number of carbonyl (C=O) groups is 1. The monoisotopic (exact) mass is 300 g/mol. The standard InChI is InChI=1S/C16H32N2O3/c1-5-11-21-14-9-8-10-18(12-14)13-16(4,17-6-2)15(19)20-7-3/h14,17H,5-13H2,1-4H3. The first-order valence-electron chi connectivity index (χ1n) is 8.31. The highest BCUT2D eigenvalue weighted by molar-refractivity contribution is 5.80. The van der Waals surface area contributed by atoms with E-state index in [0.29, 0.717) is 19.3 Å². The molecule has 0 saturated carbocycles. The third kappa shape index (κ3) is 5.93. The fourth-order valence-corrected chi connectivity index (χ4v) is 2.90. The van der Waals surface area contributed by atoms with Crippen LogP contribution < -0.4 is 5.32 Å². The maximum atomic E-state index is 12.2. The van der Waals surface area contributed by atoms with Gasteiger partial charge >= 0.3 is 5.97 Å². The first kappa shape index (κ1) is 18.4. The normalized spacial score (nSPS) is 22.8. The van der Waals surface area contributed by atoms with Crippen molar-refractivity contribution in [2.75, 3.05) is 39.4 Å². The van der Waals surface area contributed by atoms with Crippen LogP contribution in [0.2, 0.25) is 0 Å². The van der Waals surface area contributed by atoms with E-state index in [0.717, 1.165) is 45.5 Å². The summed E-state index contributed by atoms with van der Waals surface area (Å²) in [7, 11) is 0. The highest BCUT2D eigenvalue weighted by atomic mass is 16.5. The molecule has 1 heterocycles. The summed E-state index contributed by atoms with van der Waals surface area (Å²) in [6.07, 6.45) is 3.59. The molecule has 2 unspecified atom stereocenters. The zero-order valence-electron chi connectivity index (χ0n) is 14.1. The zero-order valence-corrected chi connectivity index (χ0v) is 14.1. The van der Waals surface area contributed by atoms with Crippen molar-refractivity contribution in [3.05, 3.63) is 0 Å². The van der Waals surface area contributed by atoms with Crippen molar-refractivity contribution in [2.24, 2.45) is 0 Å². The van der Waals surface area contributed by atoms with E-state index in [2.05, 4.69) is 17.1 Å². The Morgan fingerprint density at radius 1 is 1.38 bits per heavy atom. The number of hydrogen-bond acceptors (Lipinski definition) is 5. The molecule has 0 bridgehead atoms. The second-order valence-electron chi connectivity index (χ2n) is 5.95. The molecule has 1 fully saturated rings. The maximum Gasteiger partial charge on any atom is 0.327 e. The summed E-state index contributed by atoms with van der Waals surface area (Å²) in [6.45, 7) is 12.5. The number of nitrogens with one attached hydrogen (secondary N) is 1. The number of esters is 1. The molecule has 1 N–H and O–H groups in total. The minimum atomic E-state index is -0.641. The van der Waals surface area contributed by atoms with E-state index in [9.17, 15) is 4.79 Å². The van der Waals surface area contributed by atoms with Crippen LogP contribution >= 0.6 is 0 Å². The Labute approximate surface area is 129 Å². The largest absolute Gasteiger partial charge is 0.465 e. The van der Waals surface area contributed by atoms with E-state index in [-0.39, 0.29) is 5.97 Å². The van der Waals surface area contributed by atoms with Crippen molar-refractivity contribution in [1.29, 1.82) is 0 Å². The molecule has 0 aromatic rings. The molecule has 1 aliphatic rings. The lowest BCUT2D eigenvalue weighted by molar-refractivity contribution is -0.151. The van der Waals surface area contributed by atoms with Crippen molar-refractivity contribution in [2.45, 2.75) is 58.6 Å². The van der Waals surface area contributed by atoms with Gasteiger partial charge in [0.05, 0.1) is 12.7 Å². The van der Waals surface area contributed by atoms with Gasteiger partial charge in [-0.05, 0) is 46.2 Å². The fraction of sp³-hybridized carbons (Fsp3) is 0.938. The number of hydrogen-bond donors (Lipinski definition) is 1. The molecule has 124 valence electrons. The van der Waals surface area contributed by atoms with E-state index < -0.39 is 5.54 Å². The molecule has 0 radical (unpaired) electrons. The number of carbonyl (C=O) groups excluding carboxylic acids is 1. The van der Waals surface area contributed by atoms with Gasteiger partial charge in [0.1, 0.15) is 5.54 Å². The second-order valence-corrected chi connectivity index (χ2v) is 5.95. The van der Waals surface area contributed by atoms with Gasteiger partial charge in [-0.15, -0.1) is 0 Å². The van der Waals surface area contributed by atoms with Crippen molar-refractivity contribution in [3.8, 4) is 0 Å². The van der Waals surface area contributed by atoms with Crippen molar-refractivity contribution in [3.63, 3.8) is 0 Å². The predicted molar refractivity (Wildman–Crippen MR) is 84.4 cm³/mol. The maximum absolute atomic E-state index is 12.2. The number of ether oxygens (including phenoxy) is 2. The van der Waals surface area contributed by atoms with Gasteiger partial charge in [-0.3, -0.25) is 9.69 Å². The van der Waals surface area contributed by atoms with E-state index in [1.54, 1.807) is 0 Å².